The van der Waals surface area contributed by atoms with Crippen LogP contribution in [0.2, 0.25) is 0 Å². The summed E-state index contributed by atoms with van der Waals surface area (Å²) in [5, 5.41) is 12.4. The van der Waals surface area contributed by atoms with Gasteiger partial charge in [0.05, 0.1) is 6.54 Å². The molecule has 0 N–H and O–H groups in total. The number of aromatic nitrogens is 2. The molecule has 1 amide bonds. The molecule has 140 valence electrons. The topological polar surface area (TPSA) is 62.5 Å². The molecule has 1 saturated carbocycles. The molecule has 1 spiro atoms. The summed E-state index contributed by atoms with van der Waals surface area (Å²) in [5.41, 5.74) is 1.56. The average Bonchev–Trinajstić information content (AvgIpc) is 3.01. The van der Waals surface area contributed by atoms with Crippen LogP contribution in [-0.2, 0) is 24.3 Å². The van der Waals surface area contributed by atoms with Crippen LogP contribution in [0.3, 0.4) is 0 Å². The molecule has 2 fully saturated rings. The minimum absolute atomic E-state index is 0.193. The quantitative estimate of drug-likeness (QED) is 0.777. The number of aryl methyl sites for hydroxylation is 1. The second-order valence-electron chi connectivity index (χ2n) is 7.58. The van der Waals surface area contributed by atoms with Crippen LogP contribution >= 0.6 is 11.3 Å². The van der Waals surface area contributed by atoms with Gasteiger partial charge in [-0.3, -0.25) is 9.69 Å². The van der Waals surface area contributed by atoms with Crippen LogP contribution in [0.1, 0.15) is 50.5 Å². The van der Waals surface area contributed by atoms with Gasteiger partial charge in [0.1, 0.15) is 0 Å². The summed E-state index contributed by atoms with van der Waals surface area (Å²) >= 11 is 1.69. The third kappa shape index (κ3) is 3.55. The summed E-state index contributed by atoms with van der Waals surface area (Å²) in [6, 6.07) is 2.52. The predicted octanol–water partition coefficient (Wildman–Crippen LogP) is 3.10. The molecule has 4 rings (SSSR count). The molecule has 0 bridgehead atoms. The minimum Gasteiger partial charge on any atom is -0.424 e. The Morgan fingerprint density at radius 1 is 1.38 bits per heavy atom. The summed E-state index contributed by atoms with van der Waals surface area (Å²) in [7, 11) is 0. The smallest absolute Gasteiger partial charge is 0.230 e. The lowest BCUT2D eigenvalue weighted by Crippen LogP contribution is -2.39. The van der Waals surface area contributed by atoms with E-state index in [1.807, 2.05) is 6.92 Å². The summed E-state index contributed by atoms with van der Waals surface area (Å²) in [5.74, 6) is 1.62. The van der Waals surface area contributed by atoms with E-state index >= 15 is 0 Å². The van der Waals surface area contributed by atoms with Gasteiger partial charge in [0.25, 0.3) is 0 Å². The maximum absolute atomic E-state index is 12.2. The van der Waals surface area contributed by atoms with Gasteiger partial charge in [-0.05, 0) is 60.2 Å². The molecular weight excluding hydrogens is 348 g/mol. The molecule has 1 saturated heterocycles. The molecule has 1 aliphatic carbocycles. The van der Waals surface area contributed by atoms with Gasteiger partial charge in [-0.1, -0.05) is 6.92 Å². The standard InChI is InChI=1S/C19H26N4O2S/c1-3-17-20-21-18(25-17)12-22-7-5-19(6-8-22)10-16(19)23(14(2)24)11-15-4-9-26-13-15/h4,9,13,16H,3,5-8,10-12H2,1-2H3/t16-/m0/s1. The third-order valence-electron chi connectivity index (χ3n) is 5.88. The Balaban J connectivity index is 1.33. The highest BCUT2D eigenvalue weighted by Gasteiger charge is 2.58. The number of amides is 1. The van der Waals surface area contributed by atoms with Crippen LogP contribution in [0, 0.1) is 5.41 Å². The fourth-order valence-electron chi connectivity index (χ4n) is 4.17. The van der Waals surface area contributed by atoms with Gasteiger partial charge in [-0.15, -0.1) is 10.2 Å². The fraction of sp³-hybridized carbons (Fsp3) is 0.632. The van der Waals surface area contributed by atoms with E-state index in [0.717, 1.165) is 51.9 Å². The Morgan fingerprint density at radius 2 is 2.15 bits per heavy atom. The van der Waals surface area contributed by atoms with Crippen molar-refractivity contribution in [1.82, 2.24) is 20.0 Å². The van der Waals surface area contributed by atoms with E-state index in [1.54, 1.807) is 18.3 Å². The van der Waals surface area contributed by atoms with Crippen molar-refractivity contribution in [2.24, 2.45) is 5.41 Å². The second kappa shape index (κ2) is 7.12. The van der Waals surface area contributed by atoms with Gasteiger partial charge < -0.3 is 9.32 Å². The van der Waals surface area contributed by atoms with Crippen LogP contribution in [-0.4, -0.2) is 45.0 Å². The van der Waals surface area contributed by atoms with Crippen LogP contribution in [0.25, 0.3) is 0 Å². The van der Waals surface area contributed by atoms with Crippen LogP contribution in [0.4, 0.5) is 0 Å². The van der Waals surface area contributed by atoms with Crippen molar-refractivity contribution in [2.45, 2.75) is 58.7 Å². The molecular formula is C19H26N4O2S. The number of hydrogen-bond acceptors (Lipinski definition) is 6. The molecule has 1 aliphatic heterocycles. The van der Waals surface area contributed by atoms with Gasteiger partial charge >= 0.3 is 0 Å². The van der Waals surface area contributed by atoms with Gasteiger partial charge in [0.2, 0.25) is 17.7 Å². The zero-order valence-electron chi connectivity index (χ0n) is 15.5. The lowest BCUT2D eigenvalue weighted by molar-refractivity contribution is -0.130. The van der Waals surface area contributed by atoms with Crippen LogP contribution in [0.15, 0.2) is 21.2 Å². The number of thiophene rings is 1. The summed E-state index contributed by atoms with van der Waals surface area (Å²) in [4.78, 5) is 16.7. The Labute approximate surface area is 158 Å². The van der Waals surface area contributed by atoms with E-state index in [4.69, 9.17) is 4.42 Å². The molecule has 2 aliphatic rings. The summed E-state index contributed by atoms with van der Waals surface area (Å²) in [6.07, 6.45) is 4.20. The van der Waals surface area contributed by atoms with E-state index in [1.165, 1.54) is 5.56 Å². The minimum atomic E-state index is 0.193. The van der Waals surface area contributed by atoms with Crippen LogP contribution in [0.5, 0.6) is 0 Å². The van der Waals surface area contributed by atoms with Gasteiger partial charge in [0.15, 0.2) is 0 Å². The lowest BCUT2D eigenvalue weighted by Gasteiger charge is -2.34. The monoisotopic (exact) mass is 374 g/mol. The highest BCUT2D eigenvalue weighted by Crippen LogP contribution is 2.57. The molecule has 0 radical (unpaired) electrons. The Kier molecular flexibility index (Phi) is 4.84. The van der Waals surface area contributed by atoms with E-state index in [9.17, 15) is 4.79 Å². The zero-order valence-corrected chi connectivity index (χ0v) is 16.3. The van der Waals surface area contributed by atoms with Crippen molar-refractivity contribution in [2.75, 3.05) is 13.1 Å². The number of carbonyl (C=O) groups is 1. The molecule has 2 aromatic rings. The summed E-state index contributed by atoms with van der Waals surface area (Å²) < 4.78 is 5.64. The Bertz CT molecular complexity index is 749. The maximum Gasteiger partial charge on any atom is 0.230 e. The van der Waals surface area contributed by atoms with Gasteiger partial charge in [-0.2, -0.15) is 11.3 Å². The highest BCUT2D eigenvalue weighted by atomic mass is 32.1. The molecule has 0 aromatic carbocycles. The number of likely N-dealkylation sites (tertiary alicyclic amines) is 1. The van der Waals surface area contributed by atoms with Crippen LogP contribution < -0.4 is 0 Å². The number of piperidine rings is 1. The first-order valence-corrected chi connectivity index (χ1v) is 10.4. The van der Waals surface area contributed by atoms with E-state index in [-0.39, 0.29) is 5.91 Å². The van der Waals surface area contributed by atoms with E-state index in [0.29, 0.717) is 23.2 Å². The first-order chi connectivity index (χ1) is 12.6. The summed E-state index contributed by atoms with van der Waals surface area (Å²) in [6.45, 7) is 7.27. The number of hydrogen-bond donors (Lipinski definition) is 0. The third-order valence-corrected chi connectivity index (χ3v) is 6.61. The first-order valence-electron chi connectivity index (χ1n) is 9.41. The number of rotatable bonds is 6. The van der Waals surface area contributed by atoms with Crippen molar-refractivity contribution >= 4 is 17.2 Å². The van der Waals surface area contributed by atoms with E-state index < -0.39 is 0 Å². The number of carbonyl (C=O) groups excluding carboxylic acids is 1. The van der Waals surface area contributed by atoms with Crippen molar-refractivity contribution in [3.63, 3.8) is 0 Å². The molecule has 26 heavy (non-hydrogen) atoms. The lowest BCUT2D eigenvalue weighted by atomic mass is 9.92. The second-order valence-corrected chi connectivity index (χ2v) is 8.36. The predicted molar refractivity (Wildman–Crippen MR) is 99.6 cm³/mol. The fourth-order valence-corrected chi connectivity index (χ4v) is 4.83. The molecule has 3 heterocycles. The Hall–Kier alpha value is -1.73. The number of nitrogens with zero attached hydrogens (tertiary/aromatic N) is 4. The van der Waals surface area contributed by atoms with Gasteiger partial charge in [0, 0.05) is 25.9 Å². The van der Waals surface area contributed by atoms with Crippen molar-refractivity contribution in [3.8, 4) is 0 Å². The normalized spacial score (nSPS) is 21.8. The highest BCUT2D eigenvalue weighted by molar-refractivity contribution is 7.07. The molecule has 1 atom stereocenters. The molecule has 2 aromatic heterocycles. The Morgan fingerprint density at radius 3 is 2.77 bits per heavy atom. The van der Waals surface area contributed by atoms with Crippen molar-refractivity contribution in [1.29, 1.82) is 0 Å². The van der Waals surface area contributed by atoms with Crippen molar-refractivity contribution in [3.05, 3.63) is 34.2 Å². The van der Waals surface area contributed by atoms with Crippen molar-refractivity contribution < 1.29 is 9.21 Å². The largest absolute Gasteiger partial charge is 0.424 e. The maximum atomic E-state index is 12.2. The SMILES string of the molecule is CCc1nnc(CN2CCC3(CC2)C[C@@H]3N(Cc2ccsc2)C(C)=O)o1. The molecule has 0 unspecified atom stereocenters. The van der Waals surface area contributed by atoms with Gasteiger partial charge in [-0.25, -0.2) is 0 Å². The molecule has 7 heteroatoms. The molecule has 6 nitrogen and oxygen atoms in total. The zero-order chi connectivity index (χ0) is 18.1. The average molecular weight is 375 g/mol. The van der Waals surface area contributed by atoms with E-state index in [2.05, 4.69) is 36.8 Å². The first kappa shape index (κ1) is 17.7.